The van der Waals surface area contributed by atoms with Gasteiger partial charge in [0.05, 0.1) is 10.3 Å². The highest BCUT2D eigenvalue weighted by atomic mass is 32.2. The molecule has 0 aromatic carbocycles. The average molecular weight is 292 g/mol. The van der Waals surface area contributed by atoms with E-state index in [1.807, 2.05) is 43.6 Å². The number of thiophene rings is 1. The highest BCUT2D eigenvalue weighted by Gasteiger charge is 2.19. The van der Waals surface area contributed by atoms with Gasteiger partial charge in [0.25, 0.3) is 0 Å². The van der Waals surface area contributed by atoms with E-state index < -0.39 is 0 Å². The van der Waals surface area contributed by atoms with E-state index in [4.69, 9.17) is 0 Å². The fourth-order valence-electron chi connectivity index (χ4n) is 1.69. The number of aromatic nitrogens is 1. The van der Waals surface area contributed by atoms with Crippen LogP contribution < -0.4 is 0 Å². The van der Waals surface area contributed by atoms with Gasteiger partial charge in [-0.2, -0.15) is 11.3 Å². The molecule has 0 N–H and O–H groups in total. The summed E-state index contributed by atoms with van der Waals surface area (Å²) in [6.45, 7) is 2.58. The molecule has 0 aliphatic rings. The topological polar surface area (TPSA) is 33.2 Å². The number of nitrogens with zero attached hydrogens (tertiary/aromatic N) is 2. The molecule has 0 saturated carbocycles. The Kier molecular flexibility index (Phi) is 4.99. The Hall–Kier alpha value is -1.33. The van der Waals surface area contributed by atoms with E-state index in [-0.39, 0.29) is 11.2 Å². The van der Waals surface area contributed by atoms with Crippen LogP contribution in [0.4, 0.5) is 0 Å². The SMILES string of the molecule is C[C@@H](Sc1ccccn1)C(=O)N(C)Cc1ccsc1. The van der Waals surface area contributed by atoms with Crippen LogP contribution in [0.1, 0.15) is 12.5 Å². The predicted molar refractivity (Wildman–Crippen MR) is 80.3 cm³/mol. The lowest BCUT2D eigenvalue weighted by molar-refractivity contribution is -0.129. The molecule has 0 saturated heterocycles. The van der Waals surface area contributed by atoms with Crippen molar-refractivity contribution in [3.8, 4) is 0 Å². The second-order valence-electron chi connectivity index (χ2n) is 4.25. The molecule has 100 valence electrons. The zero-order valence-electron chi connectivity index (χ0n) is 10.9. The van der Waals surface area contributed by atoms with E-state index in [9.17, 15) is 4.79 Å². The Morgan fingerprint density at radius 3 is 2.95 bits per heavy atom. The van der Waals surface area contributed by atoms with Crippen molar-refractivity contribution >= 4 is 29.0 Å². The Morgan fingerprint density at radius 1 is 1.47 bits per heavy atom. The molecule has 2 heterocycles. The van der Waals surface area contributed by atoms with Crippen LogP contribution in [0.25, 0.3) is 0 Å². The van der Waals surface area contributed by atoms with Crippen LogP contribution in [0.3, 0.4) is 0 Å². The monoisotopic (exact) mass is 292 g/mol. The molecular formula is C14H16N2OS2. The molecule has 2 aromatic rings. The van der Waals surface area contributed by atoms with Gasteiger partial charge < -0.3 is 4.90 Å². The maximum Gasteiger partial charge on any atom is 0.235 e. The minimum absolute atomic E-state index is 0.126. The molecule has 19 heavy (non-hydrogen) atoms. The third kappa shape index (κ3) is 4.08. The molecule has 2 rings (SSSR count). The molecule has 0 aliphatic heterocycles. The second kappa shape index (κ2) is 6.73. The zero-order valence-corrected chi connectivity index (χ0v) is 12.6. The highest BCUT2D eigenvalue weighted by Crippen LogP contribution is 2.22. The maximum atomic E-state index is 12.3. The Labute approximate surface area is 121 Å². The molecule has 0 radical (unpaired) electrons. The van der Waals surface area contributed by atoms with Crippen LogP contribution in [0, 0.1) is 0 Å². The molecule has 1 amide bonds. The summed E-state index contributed by atoms with van der Waals surface area (Å²) in [4.78, 5) is 18.3. The number of pyridine rings is 1. The van der Waals surface area contributed by atoms with Crippen molar-refractivity contribution in [3.63, 3.8) is 0 Å². The number of amides is 1. The Balaban J connectivity index is 1.91. The molecule has 0 aliphatic carbocycles. The number of carbonyl (C=O) groups is 1. The first-order chi connectivity index (χ1) is 9.16. The lowest BCUT2D eigenvalue weighted by Crippen LogP contribution is -2.32. The van der Waals surface area contributed by atoms with Crippen molar-refractivity contribution in [3.05, 3.63) is 46.8 Å². The van der Waals surface area contributed by atoms with Gasteiger partial charge in [-0.1, -0.05) is 17.8 Å². The van der Waals surface area contributed by atoms with Gasteiger partial charge in [0.15, 0.2) is 0 Å². The van der Waals surface area contributed by atoms with Gasteiger partial charge in [0, 0.05) is 19.8 Å². The smallest absolute Gasteiger partial charge is 0.235 e. The van der Waals surface area contributed by atoms with E-state index in [1.165, 1.54) is 17.3 Å². The van der Waals surface area contributed by atoms with Gasteiger partial charge in [0.1, 0.15) is 0 Å². The maximum absolute atomic E-state index is 12.3. The highest BCUT2D eigenvalue weighted by molar-refractivity contribution is 8.00. The van der Waals surface area contributed by atoms with Crippen LogP contribution in [0.5, 0.6) is 0 Å². The van der Waals surface area contributed by atoms with Crippen molar-refractivity contribution in [2.24, 2.45) is 0 Å². The summed E-state index contributed by atoms with van der Waals surface area (Å²) in [5, 5.41) is 4.85. The van der Waals surface area contributed by atoms with E-state index in [0.29, 0.717) is 6.54 Å². The molecular weight excluding hydrogens is 276 g/mol. The van der Waals surface area contributed by atoms with Gasteiger partial charge in [0.2, 0.25) is 5.91 Å². The van der Waals surface area contributed by atoms with Gasteiger partial charge in [-0.25, -0.2) is 4.98 Å². The fourth-order valence-corrected chi connectivity index (χ4v) is 3.27. The fraction of sp³-hybridized carbons (Fsp3) is 0.286. The minimum atomic E-state index is -0.126. The van der Waals surface area contributed by atoms with E-state index >= 15 is 0 Å². The molecule has 0 spiro atoms. The largest absolute Gasteiger partial charge is 0.340 e. The standard InChI is InChI=1S/C14H16N2OS2/c1-11(19-13-5-3-4-7-15-13)14(17)16(2)9-12-6-8-18-10-12/h3-8,10-11H,9H2,1-2H3/t11-/m1/s1. The first-order valence-electron chi connectivity index (χ1n) is 6.00. The van der Waals surface area contributed by atoms with Crippen molar-refractivity contribution in [2.45, 2.75) is 23.7 Å². The van der Waals surface area contributed by atoms with Gasteiger partial charge >= 0.3 is 0 Å². The predicted octanol–water partition coefficient (Wildman–Crippen LogP) is 3.28. The summed E-state index contributed by atoms with van der Waals surface area (Å²) in [7, 11) is 1.84. The lowest BCUT2D eigenvalue weighted by atomic mass is 10.3. The number of carbonyl (C=O) groups excluding carboxylic acids is 1. The first kappa shape index (κ1) is 14.1. The van der Waals surface area contributed by atoms with Crippen LogP contribution in [-0.2, 0) is 11.3 Å². The number of thioether (sulfide) groups is 1. The molecule has 2 aromatic heterocycles. The summed E-state index contributed by atoms with van der Waals surface area (Å²) in [5.74, 6) is 0.127. The third-order valence-corrected chi connectivity index (χ3v) is 4.43. The van der Waals surface area contributed by atoms with Crippen LogP contribution in [0.15, 0.2) is 46.2 Å². The van der Waals surface area contributed by atoms with Crippen molar-refractivity contribution < 1.29 is 4.79 Å². The molecule has 1 atom stereocenters. The Bertz CT molecular complexity index is 514. The van der Waals surface area contributed by atoms with Crippen molar-refractivity contribution in [1.82, 2.24) is 9.88 Å². The number of rotatable bonds is 5. The number of hydrogen-bond acceptors (Lipinski definition) is 4. The Morgan fingerprint density at radius 2 is 2.32 bits per heavy atom. The van der Waals surface area contributed by atoms with Gasteiger partial charge in [-0.3, -0.25) is 4.79 Å². The normalized spacial score (nSPS) is 12.1. The quantitative estimate of drug-likeness (QED) is 0.793. The first-order valence-corrected chi connectivity index (χ1v) is 7.83. The van der Waals surface area contributed by atoms with E-state index in [2.05, 4.69) is 10.4 Å². The van der Waals surface area contributed by atoms with E-state index in [0.717, 1.165) is 5.03 Å². The summed E-state index contributed by atoms with van der Waals surface area (Å²) >= 11 is 3.14. The third-order valence-electron chi connectivity index (χ3n) is 2.66. The van der Waals surface area contributed by atoms with E-state index in [1.54, 1.807) is 22.4 Å². The van der Waals surface area contributed by atoms with Crippen molar-refractivity contribution in [2.75, 3.05) is 7.05 Å². The average Bonchev–Trinajstić information content (AvgIpc) is 2.91. The number of hydrogen-bond donors (Lipinski definition) is 0. The minimum Gasteiger partial charge on any atom is -0.340 e. The lowest BCUT2D eigenvalue weighted by Gasteiger charge is -2.20. The van der Waals surface area contributed by atoms with Crippen LogP contribution in [-0.4, -0.2) is 28.1 Å². The van der Waals surface area contributed by atoms with Crippen molar-refractivity contribution in [1.29, 1.82) is 0 Å². The van der Waals surface area contributed by atoms with Crippen LogP contribution >= 0.6 is 23.1 Å². The summed E-state index contributed by atoms with van der Waals surface area (Å²) < 4.78 is 0. The summed E-state index contributed by atoms with van der Waals surface area (Å²) in [5.41, 5.74) is 1.18. The molecule has 5 heteroatoms. The van der Waals surface area contributed by atoms with Gasteiger partial charge in [-0.05, 0) is 41.4 Å². The van der Waals surface area contributed by atoms with Gasteiger partial charge in [-0.15, -0.1) is 0 Å². The molecule has 0 bridgehead atoms. The molecule has 0 unspecified atom stereocenters. The second-order valence-corrected chi connectivity index (χ2v) is 6.40. The zero-order chi connectivity index (χ0) is 13.7. The summed E-state index contributed by atoms with van der Waals surface area (Å²) in [6, 6.07) is 7.78. The molecule has 3 nitrogen and oxygen atoms in total. The molecule has 0 fully saturated rings. The summed E-state index contributed by atoms with van der Waals surface area (Å²) in [6.07, 6.45) is 1.74. The van der Waals surface area contributed by atoms with Crippen LogP contribution in [0.2, 0.25) is 0 Å².